The standard InChI is InChI=1S/C16H19FN6O3/c1-9-7-22(8-10(2)26-9)16-20-14(18)13(23(24)25)15(21-16)19-12-5-3-4-11(17)6-12/h3-6,9-10H,7-8H2,1-2H3,(H3,18,19,20,21)/t9-,10-/m0/s1. The number of hydrogen-bond donors (Lipinski definition) is 2. The molecule has 3 rings (SSSR count). The van der Waals surface area contributed by atoms with Gasteiger partial charge >= 0.3 is 5.69 Å². The molecule has 10 heteroatoms. The molecule has 2 heterocycles. The number of aromatic nitrogens is 2. The van der Waals surface area contributed by atoms with Gasteiger partial charge in [0.25, 0.3) is 0 Å². The van der Waals surface area contributed by atoms with E-state index in [1.807, 2.05) is 18.7 Å². The van der Waals surface area contributed by atoms with Crippen LogP contribution in [-0.4, -0.2) is 40.2 Å². The Morgan fingerprint density at radius 2 is 2.04 bits per heavy atom. The van der Waals surface area contributed by atoms with Crippen molar-refractivity contribution in [3.8, 4) is 0 Å². The second-order valence-electron chi connectivity index (χ2n) is 6.16. The normalized spacial score (nSPS) is 20.0. The molecule has 1 aromatic carbocycles. The van der Waals surface area contributed by atoms with Crippen molar-refractivity contribution >= 4 is 29.0 Å². The summed E-state index contributed by atoms with van der Waals surface area (Å²) in [5.41, 5.74) is 5.69. The van der Waals surface area contributed by atoms with Gasteiger partial charge in [0, 0.05) is 18.8 Å². The van der Waals surface area contributed by atoms with Gasteiger partial charge in [-0.05, 0) is 32.0 Å². The highest BCUT2D eigenvalue weighted by molar-refractivity contribution is 5.74. The summed E-state index contributed by atoms with van der Waals surface area (Å²) >= 11 is 0. The molecule has 2 aromatic rings. The average molecular weight is 362 g/mol. The van der Waals surface area contributed by atoms with Crippen molar-refractivity contribution < 1.29 is 14.1 Å². The quantitative estimate of drug-likeness (QED) is 0.629. The zero-order chi connectivity index (χ0) is 18.8. The smallest absolute Gasteiger partial charge is 0.353 e. The number of nitrogens with two attached hydrogens (primary N) is 1. The fourth-order valence-corrected chi connectivity index (χ4v) is 2.91. The highest BCUT2D eigenvalue weighted by Crippen LogP contribution is 2.33. The first-order valence-corrected chi connectivity index (χ1v) is 8.08. The first-order chi connectivity index (χ1) is 12.3. The number of morpholine rings is 1. The van der Waals surface area contributed by atoms with Crippen LogP contribution in [0.2, 0.25) is 0 Å². The third-order valence-corrected chi connectivity index (χ3v) is 3.87. The SMILES string of the molecule is C[C@H]1CN(c2nc(N)c([N+](=O)[O-])c(Nc3cccc(F)c3)n2)C[C@H](C)O1. The van der Waals surface area contributed by atoms with E-state index in [1.165, 1.54) is 18.2 Å². The van der Waals surface area contributed by atoms with Crippen molar-refractivity contribution in [2.24, 2.45) is 0 Å². The van der Waals surface area contributed by atoms with Gasteiger partial charge in [0.2, 0.25) is 17.6 Å². The molecule has 0 aliphatic carbocycles. The first-order valence-electron chi connectivity index (χ1n) is 8.08. The minimum atomic E-state index is -0.661. The summed E-state index contributed by atoms with van der Waals surface area (Å²) in [6.45, 7) is 4.90. The number of nitrogens with one attached hydrogen (secondary N) is 1. The molecule has 3 N–H and O–H groups in total. The van der Waals surface area contributed by atoms with Gasteiger partial charge in [-0.1, -0.05) is 6.07 Å². The van der Waals surface area contributed by atoms with Crippen LogP contribution in [0.5, 0.6) is 0 Å². The maximum Gasteiger partial charge on any atom is 0.353 e. The zero-order valence-electron chi connectivity index (χ0n) is 14.3. The van der Waals surface area contributed by atoms with Gasteiger partial charge in [0.15, 0.2) is 0 Å². The predicted octanol–water partition coefficient (Wildman–Crippen LogP) is 2.46. The monoisotopic (exact) mass is 362 g/mol. The Morgan fingerprint density at radius 3 is 2.65 bits per heavy atom. The minimum absolute atomic E-state index is 0.0432. The Hall–Kier alpha value is -3.01. The van der Waals surface area contributed by atoms with Gasteiger partial charge in [-0.15, -0.1) is 0 Å². The van der Waals surface area contributed by atoms with Crippen LogP contribution in [0.4, 0.5) is 33.3 Å². The number of nitrogens with zero attached hydrogens (tertiary/aromatic N) is 4. The molecule has 0 spiro atoms. The zero-order valence-corrected chi connectivity index (χ0v) is 14.3. The lowest BCUT2D eigenvalue weighted by molar-refractivity contribution is -0.383. The lowest BCUT2D eigenvalue weighted by atomic mass is 10.2. The number of benzene rings is 1. The number of anilines is 4. The van der Waals surface area contributed by atoms with Crippen LogP contribution in [0, 0.1) is 15.9 Å². The van der Waals surface area contributed by atoms with Crippen LogP contribution < -0.4 is 16.0 Å². The summed E-state index contributed by atoms with van der Waals surface area (Å²) in [5.74, 6) is -0.565. The molecule has 2 atom stereocenters. The van der Waals surface area contributed by atoms with Crippen LogP contribution >= 0.6 is 0 Å². The summed E-state index contributed by atoms with van der Waals surface area (Å²) in [5, 5.41) is 14.2. The van der Waals surface area contributed by atoms with Crippen molar-refractivity contribution in [3.63, 3.8) is 0 Å². The van der Waals surface area contributed by atoms with Crippen molar-refractivity contribution in [1.82, 2.24) is 9.97 Å². The Morgan fingerprint density at radius 1 is 1.35 bits per heavy atom. The molecule has 0 amide bonds. The van der Waals surface area contributed by atoms with Crippen LogP contribution in [0.1, 0.15) is 13.8 Å². The molecule has 0 saturated carbocycles. The molecule has 9 nitrogen and oxygen atoms in total. The van der Waals surface area contributed by atoms with E-state index in [0.29, 0.717) is 18.8 Å². The Balaban J connectivity index is 2.00. The van der Waals surface area contributed by atoms with Crippen LogP contribution in [0.15, 0.2) is 24.3 Å². The van der Waals surface area contributed by atoms with Crippen LogP contribution in [0.25, 0.3) is 0 Å². The maximum atomic E-state index is 13.4. The van der Waals surface area contributed by atoms with E-state index in [9.17, 15) is 14.5 Å². The van der Waals surface area contributed by atoms with E-state index < -0.39 is 16.4 Å². The number of rotatable bonds is 4. The molecule has 138 valence electrons. The van der Waals surface area contributed by atoms with Crippen molar-refractivity contribution in [3.05, 3.63) is 40.2 Å². The number of halogens is 1. The third-order valence-electron chi connectivity index (χ3n) is 3.87. The Kier molecular flexibility index (Phi) is 4.85. The largest absolute Gasteiger partial charge is 0.378 e. The number of nitrogen functional groups attached to an aromatic ring is 1. The third kappa shape index (κ3) is 3.80. The molecule has 0 unspecified atom stereocenters. The lowest BCUT2D eigenvalue weighted by Crippen LogP contribution is -2.46. The van der Waals surface area contributed by atoms with E-state index in [2.05, 4.69) is 15.3 Å². The van der Waals surface area contributed by atoms with E-state index in [4.69, 9.17) is 10.5 Å². The fourth-order valence-electron chi connectivity index (χ4n) is 2.91. The highest BCUT2D eigenvalue weighted by atomic mass is 19.1. The molecular formula is C16H19FN6O3. The van der Waals surface area contributed by atoms with Gasteiger partial charge in [0.05, 0.1) is 17.1 Å². The molecule has 1 aliphatic heterocycles. The average Bonchev–Trinajstić information content (AvgIpc) is 2.53. The number of nitro groups is 1. The van der Waals surface area contributed by atoms with Gasteiger partial charge in [-0.25, -0.2) is 4.39 Å². The molecular weight excluding hydrogens is 343 g/mol. The second-order valence-corrected chi connectivity index (χ2v) is 6.16. The Bertz CT molecular complexity index is 824. The van der Waals surface area contributed by atoms with Crippen molar-refractivity contribution in [1.29, 1.82) is 0 Å². The van der Waals surface area contributed by atoms with Crippen LogP contribution in [0.3, 0.4) is 0 Å². The molecule has 1 saturated heterocycles. The summed E-state index contributed by atoms with van der Waals surface area (Å²) in [6.07, 6.45) is -0.0863. The van der Waals surface area contributed by atoms with E-state index in [1.54, 1.807) is 6.07 Å². The lowest BCUT2D eigenvalue weighted by Gasteiger charge is -2.35. The predicted molar refractivity (Wildman–Crippen MR) is 95.0 cm³/mol. The summed E-state index contributed by atoms with van der Waals surface area (Å²) in [4.78, 5) is 20.9. The van der Waals surface area contributed by atoms with Gasteiger partial charge in [0.1, 0.15) is 5.82 Å². The first kappa shape index (κ1) is 17.8. The number of hydrogen-bond acceptors (Lipinski definition) is 8. The van der Waals surface area contributed by atoms with Gasteiger partial charge < -0.3 is 20.7 Å². The maximum absolute atomic E-state index is 13.4. The minimum Gasteiger partial charge on any atom is -0.378 e. The van der Waals surface area contributed by atoms with Crippen molar-refractivity contribution in [2.45, 2.75) is 26.1 Å². The van der Waals surface area contributed by atoms with Gasteiger partial charge in [-0.2, -0.15) is 9.97 Å². The summed E-state index contributed by atoms with van der Waals surface area (Å²) in [7, 11) is 0. The van der Waals surface area contributed by atoms with Crippen LogP contribution in [-0.2, 0) is 4.74 Å². The molecule has 0 radical (unpaired) electrons. The van der Waals surface area contributed by atoms with E-state index in [0.717, 1.165) is 0 Å². The van der Waals surface area contributed by atoms with Crippen molar-refractivity contribution in [2.75, 3.05) is 29.0 Å². The summed E-state index contributed by atoms with van der Waals surface area (Å²) < 4.78 is 19.1. The molecule has 1 fully saturated rings. The molecule has 26 heavy (non-hydrogen) atoms. The second kappa shape index (κ2) is 7.08. The highest BCUT2D eigenvalue weighted by Gasteiger charge is 2.29. The molecule has 1 aliphatic rings. The molecule has 0 bridgehead atoms. The summed E-state index contributed by atoms with van der Waals surface area (Å²) in [6, 6.07) is 5.54. The topological polar surface area (TPSA) is 119 Å². The van der Waals surface area contributed by atoms with E-state index in [-0.39, 0.29) is 29.8 Å². The Labute approximate surface area is 149 Å². The van der Waals surface area contributed by atoms with E-state index >= 15 is 0 Å². The number of ether oxygens (including phenoxy) is 1. The fraction of sp³-hybridized carbons (Fsp3) is 0.375. The van der Waals surface area contributed by atoms with Gasteiger partial charge in [-0.3, -0.25) is 10.1 Å². The molecule has 1 aromatic heterocycles.